The van der Waals surface area contributed by atoms with Crippen LogP contribution in [0.3, 0.4) is 0 Å². The number of hydrogen-bond donors (Lipinski definition) is 1. The van der Waals surface area contributed by atoms with Gasteiger partial charge in [-0.05, 0) is 45.1 Å². The number of halogens is 1. The van der Waals surface area contributed by atoms with Crippen LogP contribution in [-0.2, 0) is 0 Å². The Kier molecular flexibility index (Phi) is 6.14. The van der Waals surface area contributed by atoms with Gasteiger partial charge in [-0.3, -0.25) is 4.90 Å². The van der Waals surface area contributed by atoms with Crippen molar-refractivity contribution in [2.24, 2.45) is 0 Å². The minimum atomic E-state index is 0.741. The summed E-state index contributed by atoms with van der Waals surface area (Å²) < 4.78 is 0. The minimum absolute atomic E-state index is 0.741. The lowest BCUT2D eigenvalue weighted by Gasteiger charge is -2.27. The van der Waals surface area contributed by atoms with E-state index in [0.29, 0.717) is 0 Å². The fourth-order valence-electron chi connectivity index (χ4n) is 2.96. The van der Waals surface area contributed by atoms with E-state index in [0.717, 1.165) is 36.4 Å². The largest absolute Gasteiger partial charge is 0.383 e. The molecule has 20 heavy (non-hydrogen) atoms. The Morgan fingerprint density at radius 3 is 2.95 bits per heavy atom. The molecule has 0 radical (unpaired) electrons. The summed E-state index contributed by atoms with van der Waals surface area (Å²) in [6.45, 7) is 7.84. The molecule has 1 fully saturated rings. The molecular weight excluding hydrogens is 270 g/mol. The first-order chi connectivity index (χ1) is 9.70. The monoisotopic (exact) mass is 295 g/mol. The zero-order valence-corrected chi connectivity index (χ0v) is 13.4. The molecule has 0 spiro atoms. The predicted octanol–water partition coefficient (Wildman–Crippen LogP) is 3.17. The van der Waals surface area contributed by atoms with Gasteiger partial charge in [0, 0.05) is 25.7 Å². The molecule has 1 aliphatic rings. The van der Waals surface area contributed by atoms with Crippen molar-refractivity contribution in [3.63, 3.8) is 0 Å². The van der Waals surface area contributed by atoms with Gasteiger partial charge in [0.15, 0.2) is 0 Å². The number of nitrogens with one attached hydrogen (secondary N) is 1. The maximum atomic E-state index is 6.13. The summed E-state index contributed by atoms with van der Waals surface area (Å²) in [5.41, 5.74) is 1.03. The van der Waals surface area contributed by atoms with Gasteiger partial charge >= 0.3 is 0 Å². The van der Waals surface area contributed by atoms with Crippen molar-refractivity contribution in [3.05, 3.63) is 29.3 Å². The molecule has 0 bridgehead atoms. The van der Waals surface area contributed by atoms with E-state index in [1.165, 1.54) is 25.9 Å². The van der Waals surface area contributed by atoms with Crippen LogP contribution in [0.5, 0.6) is 0 Å². The Morgan fingerprint density at radius 1 is 1.40 bits per heavy atom. The SMILES string of the molecule is CCN1CCCC1CN(C)CCNc1ccccc1Cl. The highest BCUT2D eigenvalue weighted by Crippen LogP contribution is 2.20. The third-order valence-electron chi connectivity index (χ3n) is 4.11. The van der Waals surface area contributed by atoms with E-state index >= 15 is 0 Å². The second-order valence-corrected chi connectivity index (χ2v) is 6.00. The minimum Gasteiger partial charge on any atom is -0.383 e. The van der Waals surface area contributed by atoms with Gasteiger partial charge in [-0.2, -0.15) is 0 Å². The van der Waals surface area contributed by atoms with Gasteiger partial charge in [0.1, 0.15) is 0 Å². The molecule has 0 aromatic heterocycles. The number of anilines is 1. The van der Waals surface area contributed by atoms with E-state index in [4.69, 9.17) is 11.6 Å². The van der Waals surface area contributed by atoms with E-state index < -0.39 is 0 Å². The van der Waals surface area contributed by atoms with Crippen molar-refractivity contribution in [2.75, 3.05) is 45.1 Å². The second kappa shape index (κ2) is 7.87. The number of rotatable bonds is 7. The Balaban J connectivity index is 1.70. The summed E-state index contributed by atoms with van der Waals surface area (Å²) in [5.74, 6) is 0. The predicted molar refractivity (Wildman–Crippen MR) is 87.7 cm³/mol. The maximum absolute atomic E-state index is 6.13. The second-order valence-electron chi connectivity index (χ2n) is 5.59. The number of nitrogens with zero attached hydrogens (tertiary/aromatic N) is 2. The Bertz CT molecular complexity index is 410. The molecule has 112 valence electrons. The Labute approximate surface area is 127 Å². The average molecular weight is 296 g/mol. The topological polar surface area (TPSA) is 18.5 Å². The molecule has 1 aromatic rings. The molecule has 3 nitrogen and oxygen atoms in total. The molecule has 1 N–H and O–H groups in total. The standard InChI is InChI=1S/C16H26ClN3/c1-3-20-11-6-7-14(20)13-19(2)12-10-18-16-9-5-4-8-15(16)17/h4-5,8-9,14,18H,3,6-7,10-13H2,1-2H3. The summed E-state index contributed by atoms with van der Waals surface area (Å²) in [6, 6.07) is 8.66. The maximum Gasteiger partial charge on any atom is 0.0637 e. The van der Waals surface area contributed by atoms with Crippen LogP contribution < -0.4 is 5.32 Å². The lowest BCUT2D eigenvalue weighted by Crippen LogP contribution is -2.40. The quantitative estimate of drug-likeness (QED) is 0.833. The van der Waals surface area contributed by atoms with Crippen molar-refractivity contribution in [2.45, 2.75) is 25.8 Å². The smallest absolute Gasteiger partial charge is 0.0637 e. The van der Waals surface area contributed by atoms with Crippen LogP contribution in [0, 0.1) is 0 Å². The lowest BCUT2D eigenvalue weighted by molar-refractivity contribution is 0.202. The van der Waals surface area contributed by atoms with Crippen molar-refractivity contribution >= 4 is 17.3 Å². The molecule has 1 heterocycles. The molecule has 0 aliphatic carbocycles. The normalized spacial score (nSPS) is 19.7. The highest BCUT2D eigenvalue weighted by molar-refractivity contribution is 6.33. The van der Waals surface area contributed by atoms with Gasteiger partial charge in [0.2, 0.25) is 0 Å². The van der Waals surface area contributed by atoms with Crippen LogP contribution in [0.15, 0.2) is 24.3 Å². The molecule has 4 heteroatoms. The highest BCUT2D eigenvalue weighted by Gasteiger charge is 2.23. The number of benzene rings is 1. The molecular formula is C16H26ClN3. The molecule has 1 saturated heterocycles. The third-order valence-corrected chi connectivity index (χ3v) is 4.44. The van der Waals surface area contributed by atoms with Crippen LogP contribution >= 0.6 is 11.6 Å². The van der Waals surface area contributed by atoms with E-state index in [2.05, 4.69) is 29.1 Å². The van der Waals surface area contributed by atoms with Crippen LogP contribution in [0.4, 0.5) is 5.69 Å². The molecule has 0 saturated carbocycles. The lowest BCUT2D eigenvalue weighted by atomic mass is 10.2. The molecule has 2 rings (SSSR count). The number of likely N-dealkylation sites (tertiary alicyclic amines) is 1. The summed E-state index contributed by atoms with van der Waals surface area (Å²) in [5, 5.41) is 4.20. The molecule has 1 aromatic carbocycles. The van der Waals surface area contributed by atoms with Gasteiger partial charge in [0.05, 0.1) is 10.7 Å². The first kappa shape index (κ1) is 15.6. The van der Waals surface area contributed by atoms with Gasteiger partial charge in [0.25, 0.3) is 0 Å². The first-order valence-electron chi connectivity index (χ1n) is 7.61. The van der Waals surface area contributed by atoms with Gasteiger partial charge in [-0.1, -0.05) is 30.7 Å². The van der Waals surface area contributed by atoms with Crippen LogP contribution in [0.1, 0.15) is 19.8 Å². The van der Waals surface area contributed by atoms with Crippen LogP contribution in [0.2, 0.25) is 5.02 Å². The molecule has 1 aliphatic heterocycles. The van der Waals surface area contributed by atoms with E-state index in [-0.39, 0.29) is 0 Å². The van der Waals surface area contributed by atoms with Crippen molar-refractivity contribution < 1.29 is 0 Å². The summed E-state index contributed by atoms with van der Waals surface area (Å²) in [7, 11) is 2.21. The van der Waals surface area contributed by atoms with Gasteiger partial charge in [-0.25, -0.2) is 0 Å². The fraction of sp³-hybridized carbons (Fsp3) is 0.625. The highest BCUT2D eigenvalue weighted by atomic mass is 35.5. The molecule has 0 amide bonds. The van der Waals surface area contributed by atoms with Gasteiger partial charge < -0.3 is 10.2 Å². The van der Waals surface area contributed by atoms with Crippen LogP contribution in [-0.4, -0.2) is 55.6 Å². The van der Waals surface area contributed by atoms with Crippen LogP contribution in [0.25, 0.3) is 0 Å². The number of likely N-dealkylation sites (N-methyl/N-ethyl adjacent to an activating group) is 2. The third kappa shape index (κ3) is 4.37. The molecule has 1 atom stereocenters. The summed E-state index contributed by atoms with van der Waals surface area (Å²) >= 11 is 6.13. The fourth-order valence-corrected chi connectivity index (χ4v) is 3.16. The van der Waals surface area contributed by atoms with E-state index in [9.17, 15) is 0 Å². The molecule has 1 unspecified atom stereocenters. The Morgan fingerprint density at radius 2 is 2.20 bits per heavy atom. The average Bonchev–Trinajstić information content (AvgIpc) is 2.88. The van der Waals surface area contributed by atoms with E-state index in [1.54, 1.807) is 0 Å². The summed E-state index contributed by atoms with van der Waals surface area (Å²) in [4.78, 5) is 5.01. The van der Waals surface area contributed by atoms with Crippen molar-refractivity contribution in [3.8, 4) is 0 Å². The number of para-hydroxylation sites is 1. The first-order valence-corrected chi connectivity index (χ1v) is 7.99. The summed E-state index contributed by atoms with van der Waals surface area (Å²) in [6.07, 6.45) is 2.69. The Hall–Kier alpha value is -0.770. The zero-order valence-electron chi connectivity index (χ0n) is 12.6. The zero-order chi connectivity index (χ0) is 14.4. The van der Waals surface area contributed by atoms with E-state index in [1.807, 2.05) is 24.3 Å². The van der Waals surface area contributed by atoms with Crippen molar-refractivity contribution in [1.29, 1.82) is 0 Å². The number of hydrogen-bond acceptors (Lipinski definition) is 3. The van der Waals surface area contributed by atoms with Crippen molar-refractivity contribution in [1.82, 2.24) is 9.80 Å². The van der Waals surface area contributed by atoms with Gasteiger partial charge in [-0.15, -0.1) is 0 Å².